The van der Waals surface area contributed by atoms with Crippen molar-refractivity contribution in [2.75, 3.05) is 18.0 Å². The number of pyridine rings is 1. The second kappa shape index (κ2) is 6.62. The van der Waals surface area contributed by atoms with Crippen LogP contribution in [-0.4, -0.2) is 42.8 Å². The first-order valence-corrected chi connectivity index (χ1v) is 8.15. The third-order valence-electron chi connectivity index (χ3n) is 2.69. The molecule has 0 aliphatic heterocycles. The van der Waals surface area contributed by atoms with Gasteiger partial charge in [0.05, 0.1) is 29.0 Å². The van der Waals surface area contributed by atoms with Gasteiger partial charge in [0.15, 0.2) is 5.70 Å². The third kappa shape index (κ3) is 4.33. The molecule has 0 bridgehead atoms. The lowest BCUT2D eigenvalue weighted by atomic mass is 10.1. The summed E-state index contributed by atoms with van der Waals surface area (Å²) in [6.45, 7) is 1.78. The summed E-state index contributed by atoms with van der Waals surface area (Å²) in [4.78, 5) is 15.4. The van der Waals surface area contributed by atoms with Gasteiger partial charge in [0.2, 0.25) is 10.0 Å². The van der Waals surface area contributed by atoms with Crippen LogP contribution >= 0.6 is 0 Å². The van der Waals surface area contributed by atoms with E-state index in [0.29, 0.717) is 17.8 Å². The minimum Gasteiger partial charge on any atom is -0.476 e. The highest BCUT2D eigenvalue weighted by molar-refractivity contribution is 7.92. The Labute approximate surface area is 128 Å². The lowest BCUT2D eigenvalue weighted by Gasteiger charge is -2.16. The fourth-order valence-corrected chi connectivity index (χ4v) is 2.38. The van der Waals surface area contributed by atoms with Gasteiger partial charge in [-0.3, -0.25) is 4.72 Å². The number of hydrogen-bond donors (Lipinski definition) is 4. The van der Waals surface area contributed by atoms with Crippen LogP contribution in [0.15, 0.2) is 17.8 Å². The fourth-order valence-electron chi connectivity index (χ4n) is 1.79. The summed E-state index contributed by atoms with van der Waals surface area (Å²) in [6, 6.07) is 2.90. The van der Waals surface area contributed by atoms with E-state index in [0.717, 1.165) is 11.3 Å². The maximum atomic E-state index is 11.3. The quantitative estimate of drug-likeness (QED) is 0.310. The van der Waals surface area contributed by atoms with Crippen molar-refractivity contribution in [3.05, 3.63) is 29.2 Å². The lowest BCUT2D eigenvalue weighted by Crippen LogP contribution is -2.32. The van der Waals surface area contributed by atoms with E-state index in [9.17, 15) is 13.2 Å². The van der Waals surface area contributed by atoms with Crippen LogP contribution < -0.4 is 16.3 Å². The van der Waals surface area contributed by atoms with Crippen molar-refractivity contribution in [3.8, 4) is 0 Å². The summed E-state index contributed by atoms with van der Waals surface area (Å²) >= 11 is 0. The van der Waals surface area contributed by atoms with Gasteiger partial charge in [-0.1, -0.05) is 6.92 Å². The largest absolute Gasteiger partial charge is 0.476 e. The number of likely N-dealkylation sites (N-methyl/N-ethyl adjacent to an activating group) is 1. The van der Waals surface area contributed by atoms with Gasteiger partial charge in [-0.2, -0.15) is 0 Å². The minimum atomic E-state index is -3.44. The number of aryl methyl sites for hydroxylation is 1. The third-order valence-corrected chi connectivity index (χ3v) is 3.28. The molecule has 6 N–H and O–H groups in total. The molecule has 0 unspecified atom stereocenters. The molecule has 10 heteroatoms. The molecule has 0 fully saturated rings. The van der Waals surface area contributed by atoms with Gasteiger partial charge >= 0.3 is 5.97 Å². The van der Waals surface area contributed by atoms with Crippen LogP contribution in [0.1, 0.15) is 18.3 Å². The highest BCUT2D eigenvalue weighted by atomic mass is 32.2. The Morgan fingerprint density at radius 3 is 2.45 bits per heavy atom. The summed E-state index contributed by atoms with van der Waals surface area (Å²) in [5.41, 5.74) is 6.36. The van der Waals surface area contributed by atoms with Crippen molar-refractivity contribution in [2.24, 2.45) is 11.6 Å². The summed E-state index contributed by atoms with van der Waals surface area (Å²) in [6.07, 6.45) is 1.46. The zero-order valence-electron chi connectivity index (χ0n) is 12.5. The van der Waals surface area contributed by atoms with Crippen molar-refractivity contribution in [2.45, 2.75) is 13.3 Å². The Bertz CT molecular complexity index is 712. The zero-order chi connectivity index (χ0) is 17.1. The number of hydrogen-bond acceptors (Lipinski definition) is 7. The molecular formula is C12H19N5O4S. The van der Waals surface area contributed by atoms with E-state index in [1.807, 2.05) is 0 Å². The molecule has 22 heavy (non-hydrogen) atoms. The predicted octanol–water partition coefficient (Wildman–Crippen LogP) is -0.467. The maximum Gasteiger partial charge on any atom is 0.355 e. The van der Waals surface area contributed by atoms with Crippen LogP contribution in [0.2, 0.25) is 0 Å². The van der Waals surface area contributed by atoms with Crippen LogP contribution in [0.5, 0.6) is 0 Å². The number of carboxylic acid groups (broad SMARTS) is 1. The molecule has 1 aromatic rings. The van der Waals surface area contributed by atoms with Gasteiger partial charge in [0, 0.05) is 7.05 Å². The topological polar surface area (TPSA) is 152 Å². The van der Waals surface area contributed by atoms with Crippen LogP contribution in [0.4, 0.5) is 5.69 Å². The number of aromatic nitrogens is 1. The van der Waals surface area contributed by atoms with Crippen molar-refractivity contribution >= 4 is 27.4 Å². The number of nitrogens with two attached hydrogens (primary N) is 2. The molecule has 9 nitrogen and oxygen atoms in total. The van der Waals surface area contributed by atoms with Gasteiger partial charge < -0.3 is 15.8 Å². The minimum absolute atomic E-state index is 0.113. The smallest absolute Gasteiger partial charge is 0.355 e. The maximum absolute atomic E-state index is 11.3. The number of aliphatic carboxylic acids is 1. The average molecular weight is 329 g/mol. The van der Waals surface area contributed by atoms with Crippen LogP contribution in [-0.2, 0) is 21.2 Å². The number of rotatable bonds is 6. The Morgan fingerprint density at radius 2 is 2.05 bits per heavy atom. The Hall–Kier alpha value is -2.33. The number of nitrogens with one attached hydrogen (secondary N) is 1. The number of hydrazine groups is 1. The molecule has 0 radical (unpaired) electrons. The summed E-state index contributed by atoms with van der Waals surface area (Å²) in [5, 5.41) is 10.0. The monoisotopic (exact) mass is 329 g/mol. The molecule has 0 atom stereocenters. The highest BCUT2D eigenvalue weighted by Gasteiger charge is 2.18. The van der Waals surface area contributed by atoms with Gasteiger partial charge in [0.1, 0.15) is 0 Å². The molecule has 0 aliphatic rings. The van der Waals surface area contributed by atoms with Gasteiger partial charge in [-0.25, -0.2) is 24.0 Å². The lowest BCUT2D eigenvalue weighted by molar-refractivity contribution is -0.134. The van der Waals surface area contributed by atoms with Crippen LogP contribution in [0.25, 0.3) is 5.70 Å². The normalized spacial score (nSPS) is 12.5. The standard InChI is InChI=1S/C12H19N5O4S/c1-4-7-8(16-22(3,20)21)5-6-9(15-7)10(13)11(12(18)19)17(2)14/h5-6,16H,4,13-14H2,1-3H3,(H,18,19)/b11-10-. The van der Waals surface area contributed by atoms with Gasteiger partial charge in [0.25, 0.3) is 0 Å². The first-order valence-electron chi connectivity index (χ1n) is 6.26. The van der Waals surface area contributed by atoms with E-state index in [1.165, 1.54) is 19.2 Å². The summed E-state index contributed by atoms with van der Waals surface area (Å²) in [7, 11) is -2.10. The Balaban J connectivity index is 3.40. The molecule has 0 saturated carbocycles. The molecule has 122 valence electrons. The SMILES string of the molecule is CCc1nc(/C(N)=C(\C(=O)O)N(C)N)ccc1NS(C)(=O)=O. The van der Waals surface area contributed by atoms with Crippen molar-refractivity contribution in [3.63, 3.8) is 0 Å². The van der Waals surface area contributed by atoms with Crippen molar-refractivity contribution in [1.29, 1.82) is 0 Å². The second-order valence-electron chi connectivity index (χ2n) is 4.60. The number of carboxylic acids is 1. The number of sulfonamides is 1. The summed E-state index contributed by atoms with van der Waals surface area (Å²) in [5.74, 6) is 4.16. The first kappa shape index (κ1) is 17.7. The van der Waals surface area contributed by atoms with Crippen LogP contribution in [0.3, 0.4) is 0 Å². The molecule has 0 aliphatic carbocycles. The highest BCUT2D eigenvalue weighted by Crippen LogP contribution is 2.20. The second-order valence-corrected chi connectivity index (χ2v) is 6.35. The fraction of sp³-hybridized carbons (Fsp3) is 0.333. The Morgan fingerprint density at radius 1 is 1.45 bits per heavy atom. The first-order chi connectivity index (χ1) is 10.1. The molecule has 1 heterocycles. The van der Waals surface area contributed by atoms with E-state index in [4.69, 9.17) is 16.7 Å². The molecule has 1 aromatic heterocycles. The summed E-state index contributed by atoms with van der Waals surface area (Å²) < 4.78 is 24.9. The molecule has 1 rings (SSSR count). The Kier molecular flexibility index (Phi) is 5.33. The van der Waals surface area contributed by atoms with Crippen molar-refractivity contribution in [1.82, 2.24) is 9.99 Å². The van der Waals surface area contributed by atoms with E-state index in [1.54, 1.807) is 6.92 Å². The molecular weight excluding hydrogens is 310 g/mol. The van der Waals surface area contributed by atoms with Gasteiger partial charge in [-0.05, 0) is 18.6 Å². The van der Waals surface area contributed by atoms with Crippen molar-refractivity contribution < 1.29 is 18.3 Å². The van der Waals surface area contributed by atoms with E-state index in [-0.39, 0.29) is 17.1 Å². The molecule has 0 aromatic carbocycles. The predicted molar refractivity (Wildman–Crippen MR) is 82.8 cm³/mol. The van der Waals surface area contributed by atoms with E-state index < -0.39 is 16.0 Å². The number of nitrogens with zero attached hydrogens (tertiary/aromatic N) is 2. The number of carbonyl (C=O) groups is 1. The zero-order valence-corrected chi connectivity index (χ0v) is 13.3. The van der Waals surface area contributed by atoms with E-state index in [2.05, 4.69) is 9.71 Å². The number of anilines is 1. The average Bonchev–Trinajstić information content (AvgIpc) is 2.36. The molecule has 0 spiro atoms. The van der Waals surface area contributed by atoms with Gasteiger partial charge in [-0.15, -0.1) is 0 Å². The molecule has 0 amide bonds. The van der Waals surface area contributed by atoms with Crippen LogP contribution in [0, 0.1) is 0 Å². The molecule has 0 saturated heterocycles. The van der Waals surface area contributed by atoms with E-state index >= 15 is 0 Å².